The first-order valence-corrected chi connectivity index (χ1v) is 8.52. The molecule has 1 fully saturated rings. The second kappa shape index (κ2) is 6.38. The Hall–Kier alpha value is -2.17. The van der Waals surface area contributed by atoms with Gasteiger partial charge in [-0.25, -0.2) is 4.79 Å². The number of piperidine rings is 1. The van der Waals surface area contributed by atoms with Crippen molar-refractivity contribution in [3.8, 4) is 0 Å². The van der Waals surface area contributed by atoms with E-state index >= 15 is 0 Å². The Morgan fingerprint density at radius 3 is 2.96 bits per heavy atom. The summed E-state index contributed by atoms with van der Waals surface area (Å²) in [6, 6.07) is 13.7. The van der Waals surface area contributed by atoms with Crippen molar-refractivity contribution >= 4 is 21.7 Å². The number of rotatable bonds is 3. The van der Waals surface area contributed by atoms with Gasteiger partial charge in [-0.2, -0.15) is 0 Å². The molecule has 3 aromatic rings. The lowest BCUT2D eigenvalue weighted by atomic mass is 9.97. The van der Waals surface area contributed by atoms with Crippen molar-refractivity contribution < 1.29 is 9.52 Å². The molecule has 1 saturated heterocycles. The smallest absolute Gasteiger partial charge is 0.336 e. The third kappa shape index (κ3) is 2.83. The van der Waals surface area contributed by atoms with Gasteiger partial charge in [0.05, 0.1) is 0 Å². The topological polar surface area (TPSA) is 53.7 Å². The van der Waals surface area contributed by atoms with E-state index in [1.807, 2.05) is 24.3 Å². The Labute approximate surface area is 140 Å². The second-order valence-electron chi connectivity index (χ2n) is 6.68. The summed E-state index contributed by atoms with van der Waals surface area (Å²) in [5.74, 6) is 0.335. The number of fused-ring (bicyclic) bond motifs is 3. The van der Waals surface area contributed by atoms with Crippen LogP contribution in [0.1, 0.15) is 18.4 Å². The summed E-state index contributed by atoms with van der Waals surface area (Å²) in [7, 11) is 0. The number of hydrogen-bond acceptors (Lipinski definition) is 4. The van der Waals surface area contributed by atoms with Gasteiger partial charge in [-0.1, -0.05) is 30.3 Å². The fourth-order valence-corrected chi connectivity index (χ4v) is 3.83. The summed E-state index contributed by atoms with van der Waals surface area (Å²) in [5, 5.41) is 12.7. The summed E-state index contributed by atoms with van der Waals surface area (Å²) in [6.45, 7) is 2.83. The Morgan fingerprint density at radius 1 is 1.21 bits per heavy atom. The van der Waals surface area contributed by atoms with Crippen molar-refractivity contribution in [1.29, 1.82) is 0 Å². The highest BCUT2D eigenvalue weighted by atomic mass is 16.4. The van der Waals surface area contributed by atoms with Crippen molar-refractivity contribution in [2.24, 2.45) is 5.92 Å². The maximum absolute atomic E-state index is 12.0. The SMILES string of the molecule is O=c1cc(CN2CCC[C@H](CO)C2)c2c(ccc3ccccc32)o1. The van der Waals surface area contributed by atoms with Gasteiger partial charge in [-0.05, 0) is 47.7 Å². The molecular formula is C20H21NO3. The molecule has 0 aliphatic carbocycles. The van der Waals surface area contributed by atoms with E-state index in [9.17, 15) is 9.90 Å². The van der Waals surface area contributed by atoms with Crippen molar-refractivity contribution in [3.63, 3.8) is 0 Å². The molecule has 0 spiro atoms. The van der Waals surface area contributed by atoms with Crippen LogP contribution >= 0.6 is 0 Å². The lowest BCUT2D eigenvalue weighted by molar-refractivity contribution is 0.116. The van der Waals surface area contributed by atoms with E-state index < -0.39 is 0 Å². The Morgan fingerprint density at radius 2 is 2.08 bits per heavy atom. The van der Waals surface area contributed by atoms with Crippen LogP contribution in [-0.4, -0.2) is 29.7 Å². The van der Waals surface area contributed by atoms with Gasteiger partial charge in [0.1, 0.15) is 5.58 Å². The molecule has 0 amide bonds. The highest BCUT2D eigenvalue weighted by molar-refractivity contribution is 6.07. The predicted octanol–water partition coefficient (Wildman–Crippen LogP) is 3.15. The van der Waals surface area contributed by atoms with Gasteiger partial charge < -0.3 is 9.52 Å². The molecule has 1 atom stereocenters. The third-order valence-electron chi connectivity index (χ3n) is 4.97. The number of nitrogens with zero attached hydrogens (tertiary/aromatic N) is 1. The molecule has 0 unspecified atom stereocenters. The largest absolute Gasteiger partial charge is 0.423 e. The summed E-state index contributed by atoms with van der Waals surface area (Å²) in [5.41, 5.74) is 1.35. The lowest BCUT2D eigenvalue weighted by Crippen LogP contribution is -2.36. The molecule has 0 radical (unpaired) electrons. The Bertz CT molecular complexity index is 931. The average molecular weight is 323 g/mol. The van der Waals surface area contributed by atoms with E-state index in [0.29, 0.717) is 18.0 Å². The van der Waals surface area contributed by atoms with Gasteiger partial charge in [-0.3, -0.25) is 4.90 Å². The van der Waals surface area contributed by atoms with Crippen LogP contribution in [0.25, 0.3) is 21.7 Å². The van der Waals surface area contributed by atoms with Crippen LogP contribution in [0.3, 0.4) is 0 Å². The fraction of sp³-hybridized carbons (Fsp3) is 0.350. The van der Waals surface area contributed by atoms with E-state index in [0.717, 1.165) is 47.7 Å². The van der Waals surface area contributed by atoms with Crippen LogP contribution in [0.4, 0.5) is 0 Å². The monoisotopic (exact) mass is 323 g/mol. The molecule has 2 heterocycles. The molecule has 4 nitrogen and oxygen atoms in total. The van der Waals surface area contributed by atoms with Crippen molar-refractivity contribution in [3.05, 3.63) is 58.4 Å². The molecule has 1 N–H and O–H groups in total. The van der Waals surface area contributed by atoms with Gasteiger partial charge in [0, 0.05) is 31.1 Å². The fourth-order valence-electron chi connectivity index (χ4n) is 3.83. The standard InChI is InChI=1S/C20H21NO3/c22-13-14-4-3-9-21(11-14)12-16-10-19(23)24-18-8-7-15-5-1-2-6-17(15)20(16)18/h1-2,5-8,10,14,22H,3-4,9,11-13H2/t14-/m0/s1. The first-order valence-electron chi connectivity index (χ1n) is 8.52. The van der Waals surface area contributed by atoms with E-state index in [1.165, 1.54) is 0 Å². The van der Waals surface area contributed by atoms with Gasteiger partial charge in [0.25, 0.3) is 0 Å². The van der Waals surface area contributed by atoms with Crippen LogP contribution in [0.5, 0.6) is 0 Å². The van der Waals surface area contributed by atoms with E-state index in [2.05, 4.69) is 17.0 Å². The molecule has 2 aromatic carbocycles. The third-order valence-corrected chi connectivity index (χ3v) is 4.97. The van der Waals surface area contributed by atoms with Crippen LogP contribution in [0.2, 0.25) is 0 Å². The first-order chi connectivity index (χ1) is 11.7. The van der Waals surface area contributed by atoms with E-state index in [4.69, 9.17) is 4.42 Å². The summed E-state index contributed by atoms with van der Waals surface area (Å²) < 4.78 is 5.43. The minimum absolute atomic E-state index is 0.233. The Balaban J connectivity index is 1.81. The maximum Gasteiger partial charge on any atom is 0.336 e. The van der Waals surface area contributed by atoms with E-state index in [1.54, 1.807) is 6.07 Å². The zero-order valence-electron chi connectivity index (χ0n) is 13.6. The highest BCUT2D eigenvalue weighted by Crippen LogP contribution is 2.29. The molecular weight excluding hydrogens is 302 g/mol. The van der Waals surface area contributed by atoms with Crippen molar-refractivity contribution in [2.75, 3.05) is 19.7 Å². The van der Waals surface area contributed by atoms with E-state index in [-0.39, 0.29) is 12.2 Å². The first kappa shape index (κ1) is 15.4. The molecule has 0 bridgehead atoms. The van der Waals surface area contributed by atoms with Gasteiger partial charge in [-0.15, -0.1) is 0 Å². The van der Waals surface area contributed by atoms with Gasteiger partial charge >= 0.3 is 5.63 Å². The normalized spacial score (nSPS) is 19.1. The van der Waals surface area contributed by atoms with Crippen LogP contribution in [0.15, 0.2) is 51.7 Å². The summed E-state index contributed by atoms with van der Waals surface area (Å²) >= 11 is 0. The zero-order chi connectivity index (χ0) is 16.5. The summed E-state index contributed by atoms with van der Waals surface area (Å²) in [6.07, 6.45) is 2.17. The molecule has 1 aliphatic heterocycles. The minimum Gasteiger partial charge on any atom is -0.423 e. The average Bonchev–Trinajstić information content (AvgIpc) is 2.61. The second-order valence-corrected chi connectivity index (χ2v) is 6.68. The Kier molecular flexibility index (Phi) is 4.08. The number of aliphatic hydroxyl groups is 1. The van der Waals surface area contributed by atoms with Crippen LogP contribution < -0.4 is 5.63 Å². The van der Waals surface area contributed by atoms with Gasteiger partial charge in [0.15, 0.2) is 0 Å². The molecule has 124 valence electrons. The predicted molar refractivity (Wildman–Crippen MR) is 95.1 cm³/mol. The van der Waals surface area contributed by atoms with Crippen LogP contribution in [0, 0.1) is 5.92 Å². The molecule has 0 saturated carbocycles. The highest BCUT2D eigenvalue weighted by Gasteiger charge is 2.20. The number of benzene rings is 2. The number of aliphatic hydroxyl groups excluding tert-OH is 1. The van der Waals surface area contributed by atoms with Crippen molar-refractivity contribution in [2.45, 2.75) is 19.4 Å². The minimum atomic E-state index is -0.302. The maximum atomic E-state index is 12.0. The molecule has 1 aromatic heterocycles. The summed E-state index contributed by atoms with van der Waals surface area (Å²) in [4.78, 5) is 14.3. The lowest BCUT2D eigenvalue weighted by Gasteiger charge is -2.32. The molecule has 4 heteroatoms. The van der Waals surface area contributed by atoms with Crippen molar-refractivity contribution in [1.82, 2.24) is 4.90 Å². The molecule has 1 aliphatic rings. The number of hydrogen-bond donors (Lipinski definition) is 1. The van der Waals surface area contributed by atoms with Crippen LogP contribution in [-0.2, 0) is 6.54 Å². The molecule has 24 heavy (non-hydrogen) atoms. The molecule has 4 rings (SSSR count). The zero-order valence-corrected chi connectivity index (χ0v) is 13.6. The van der Waals surface area contributed by atoms with Gasteiger partial charge in [0.2, 0.25) is 0 Å². The number of likely N-dealkylation sites (tertiary alicyclic amines) is 1. The quantitative estimate of drug-likeness (QED) is 0.594.